The third kappa shape index (κ3) is 4.19. The summed E-state index contributed by atoms with van der Waals surface area (Å²) >= 11 is 1.63. The quantitative estimate of drug-likeness (QED) is 0.861. The standard InChI is InChI=1S/C19H25N3O2S/c1-4-24-17-7-5-6-16(10-17)11-22-9-8-19(13-22,21-15(3)23)18-20-14(2)12-25-18/h5-7,10,12H,4,8-9,11,13H2,1-3H3,(H,21,23). The Balaban J connectivity index is 1.75. The molecular formula is C19H25N3O2S. The lowest BCUT2D eigenvalue weighted by molar-refractivity contribution is -0.120. The van der Waals surface area contributed by atoms with E-state index in [-0.39, 0.29) is 11.4 Å². The Kier molecular flexibility index (Phi) is 5.39. The van der Waals surface area contributed by atoms with Gasteiger partial charge in [-0.2, -0.15) is 0 Å². The van der Waals surface area contributed by atoms with Gasteiger partial charge in [-0.15, -0.1) is 11.3 Å². The highest BCUT2D eigenvalue weighted by Crippen LogP contribution is 2.35. The summed E-state index contributed by atoms with van der Waals surface area (Å²) in [5.74, 6) is 0.899. The second-order valence-corrected chi connectivity index (χ2v) is 7.46. The molecule has 1 aromatic heterocycles. The number of carbonyl (C=O) groups excluding carboxylic acids is 1. The number of hydrogen-bond acceptors (Lipinski definition) is 5. The molecule has 1 amide bonds. The summed E-state index contributed by atoms with van der Waals surface area (Å²) in [7, 11) is 0. The molecule has 25 heavy (non-hydrogen) atoms. The van der Waals surface area contributed by atoms with Gasteiger partial charge in [0.05, 0.1) is 6.61 Å². The van der Waals surface area contributed by atoms with Gasteiger partial charge in [0.1, 0.15) is 16.3 Å². The van der Waals surface area contributed by atoms with Crippen molar-refractivity contribution in [3.8, 4) is 5.75 Å². The van der Waals surface area contributed by atoms with Gasteiger partial charge in [-0.3, -0.25) is 9.69 Å². The van der Waals surface area contributed by atoms with Gasteiger partial charge < -0.3 is 10.1 Å². The lowest BCUT2D eigenvalue weighted by Gasteiger charge is -2.28. The van der Waals surface area contributed by atoms with Crippen LogP contribution in [-0.4, -0.2) is 35.5 Å². The summed E-state index contributed by atoms with van der Waals surface area (Å²) < 4.78 is 5.59. The molecule has 1 aliphatic heterocycles. The van der Waals surface area contributed by atoms with Crippen molar-refractivity contribution in [2.75, 3.05) is 19.7 Å². The highest BCUT2D eigenvalue weighted by Gasteiger charge is 2.42. The molecular weight excluding hydrogens is 334 g/mol. The van der Waals surface area contributed by atoms with Crippen molar-refractivity contribution in [3.05, 3.63) is 45.9 Å². The molecule has 1 aliphatic rings. The van der Waals surface area contributed by atoms with Crippen molar-refractivity contribution in [1.29, 1.82) is 0 Å². The number of benzene rings is 1. The van der Waals surface area contributed by atoms with E-state index >= 15 is 0 Å². The van der Waals surface area contributed by atoms with E-state index in [1.165, 1.54) is 5.56 Å². The molecule has 6 heteroatoms. The first kappa shape index (κ1) is 17.9. The predicted octanol–water partition coefficient (Wildman–Crippen LogP) is 3.09. The van der Waals surface area contributed by atoms with Crippen LogP contribution in [0.15, 0.2) is 29.6 Å². The van der Waals surface area contributed by atoms with Crippen molar-refractivity contribution in [2.24, 2.45) is 0 Å². The average molecular weight is 359 g/mol. The molecule has 1 fully saturated rings. The summed E-state index contributed by atoms with van der Waals surface area (Å²) in [5, 5.41) is 6.23. The average Bonchev–Trinajstić information content (AvgIpc) is 3.15. The molecule has 0 aliphatic carbocycles. The molecule has 1 N–H and O–H groups in total. The normalized spacial score (nSPS) is 20.6. The first-order chi connectivity index (χ1) is 12.0. The van der Waals surface area contributed by atoms with Gasteiger partial charge in [-0.05, 0) is 38.0 Å². The second kappa shape index (κ2) is 7.54. The minimum absolute atomic E-state index is 0.00644. The Morgan fingerprint density at radius 2 is 2.32 bits per heavy atom. The molecule has 134 valence electrons. The minimum Gasteiger partial charge on any atom is -0.494 e. The Bertz CT molecular complexity index is 746. The molecule has 1 aromatic carbocycles. The lowest BCUT2D eigenvalue weighted by atomic mass is 9.99. The van der Waals surface area contributed by atoms with Crippen LogP contribution in [0.5, 0.6) is 5.75 Å². The van der Waals surface area contributed by atoms with Crippen LogP contribution in [0.1, 0.15) is 36.5 Å². The molecule has 1 atom stereocenters. The number of hydrogen-bond donors (Lipinski definition) is 1. The summed E-state index contributed by atoms with van der Waals surface area (Å²) in [5.41, 5.74) is 1.86. The Hall–Kier alpha value is -1.92. The SMILES string of the molecule is CCOc1cccc(CN2CCC(NC(C)=O)(c3nc(C)cs3)C2)c1. The first-order valence-electron chi connectivity index (χ1n) is 8.66. The third-order valence-corrected chi connectivity index (χ3v) is 5.57. The Morgan fingerprint density at radius 1 is 1.48 bits per heavy atom. The van der Waals surface area contributed by atoms with Crippen molar-refractivity contribution >= 4 is 17.2 Å². The number of rotatable bonds is 6. The smallest absolute Gasteiger partial charge is 0.217 e. The van der Waals surface area contributed by atoms with Gasteiger partial charge in [0.15, 0.2) is 0 Å². The van der Waals surface area contributed by atoms with Gasteiger partial charge >= 0.3 is 0 Å². The molecule has 2 heterocycles. The summed E-state index contributed by atoms with van der Waals surface area (Å²) in [6.07, 6.45) is 0.880. The molecule has 3 rings (SSSR count). The maximum atomic E-state index is 11.8. The topological polar surface area (TPSA) is 54.5 Å². The number of nitrogens with zero attached hydrogens (tertiary/aromatic N) is 2. The monoisotopic (exact) mass is 359 g/mol. The maximum absolute atomic E-state index is 11.8. The van der Waals surface area contributed by atoms with Crippen molar-refractivity contribution in [1.82, 2.24) is 15.2 Å². The van der Waals surface area contributed by atoms with Crippen LogP contribution in [0.4, 0.5) is 0 Å². The zero-order valence-electron chi connectivity index (χ0n) is 15.0. The Morgan fingerprint density at radius 3 is 3.00 bits per heavy atom. The van der Waals surface area contributed by atoms with E-state index in [1.807, 2.05) is 31.4 Å². The molecule has 0 radical (unpaired) electrons. The third-order valence-electron chi connectivity index (χ3n) is 4.41. The fourth-order valence-electron chi connectivity index (χ4n) is 3.42. The number of likely N-dealkylation sites (tertiary alicyclic amines) is 1. The van der Waals surface area contributed by atoms with Crippen LogP contribution in [0.2, 0.25) is 0 Å². The largest absolute Gasteiger partial charge is 0.494 e. The van der Waals surface area contributed by atoms with E-state index in [4.69, 9.17) is 4.74 Å². The van der Waals surface area contributed by atoms with E-state index in [0.717, 1.165) is 42.5 Å². The van der Waals surface area contributed by atoms with Crippen LogP contribution < -0.4 is 10.1 Å². The fraction of sp³-hybridized carbons (Fsp3) is 0.474. The minimum atomic E-state index is -0.373. The number of amides is 1. The number of carbonyl (C=O) groups is 1. The van der Waals surface area contributed by atoms with Gasteiger partial charge in [-0.25, -0.2) is 4.98 Å². The van der Waals surface area contributed by atoms with E-state index in [0.29, 0.717) is 6.61 Å². The van der Waals surface area contributed by atoms with Crippen molar-refractivity contribution in [2.45, 2.75) is 39.3 Å². The zero-order chi connectivity index (χ0) is 17.9. The van der Waals surface area contributed by atoms with E-state index < -0.39 is 0 Å². The van der Waals surface area contributed by atoms with Crippen LogP contribution in [0.25, 0.3) is 0 Å². The van der Waals surface area contributed by atoms with Crippen LogP contribution >= 0.6 is 11.3 Å². The van der Waals surface area contributed by atoms with Crippen LogP contribution in [-0.2, 0) is 16.9 Å². The number of aryl methyl sites for hydroxylation is 1. The number of thiazole rings is 1. The molecule has 1 saturated heterocycles. The highest BCUT2D eigenvalue weighted by atomic mass is 32.1. The van der Waals surface area contributed by atoms with Gasteiger partial charge in [0, 0.05) is 37.6 Å². The first-order valence-corrected chi connectivity index (χ1v) is 9.54. The van der Waals surface area contributed by atoms with E-state index in [1.54, 1.807) is 18.3 Å². The van der Waals surface area contributed by atoms with Crippen LogP contribution in [0, 0.1) is 6.92 Å². The number of ether oxygens (including phenoxy) is 1. The van der Waals surface area contributed by atoms with Gasteiger partial charge in [0.2, 0.25) is 5.91 Å². The Labute approximate surface area is 153 Å². The molecule has 0 bridgehead atoms. The molecule has 0 spiro atoms. The lowest BCUT2D eigenvalue weighted by Crippen LogP contribution is -2.47. The predicted molar refractivity (Wildman–Crippen MR) is 99.9 cm³/mol. The van der Waals surface area contributed by atoms with Gasteiger partial charge in [-0.1, -0.05) is 12.1 Å². The number of aromatic nitrogens is 1. The highest BCUT2D eigenvalue weighted by molar-refractivity contribution is 7.09. The molecule has 1 unspecified atom stereocenters. The van der Waals surface area contributed by atoms with Gasteiger partial charge in [0.25, 0.3) is 0 Å². The van der Waals surface area contributed by atoms with Crippen molar-refractivity contribution in [3.63, 3.8) is 0 Å². The molecule has 5 nitrogen and oxygen atoms in total. The summed E-state index contributed by atoms with van der Waals surface area (Å²) in [6.45, 7) is 8.78. The zero-order valence-corrected chi connectivity index (χ0v) is 15.9. The summed E-state index contributed by atoms with van der Waals surface area (Å²) in [6, 6.07) is 8.22. The molecule has 0 saturated carbocycles. The summed E-state index contributed by atoms with van der Waals surface area (Å²) in [4.78, 5) is 18.8. The van der Waals surface area contributed by atoms with E-state index in [2.05, 4.69) is 27.3 Å². The number of nitrogens with one attached hydrogen (secondary N) is 1. The van der Waals surface area contributed by atoms with E-state index in [9.17, 15) is 4.79 Å². The fourth-order valence-corrected chi connectivity index (χ4v) is 4.40. The van der Waals surface area contributed by atoms with Crippen molar-refractivity contribution < 1.29 is 9.53 Å². The van der Waals surface area contributed by atoms with Crippen LogP contribution in [0.3, 0.4) is 0 Å². The second-order valence-electron chi connectivity index (χ2n) is 6.60. The maximum Gasteiger partial charge on any atom is 0.217 e. The molecule has 2 aromatic rings.